The van der Waals surface area contributed by atoms with Crippen molar-refractivity contribution >= 4 is 5.96 Å². The molecule has 1 aromatic carbocycles. The molecule has 0 amide bonds. The van der Waals surface area contributed by atoms with Crippen LogP contribution in [0.5, 0.6) is 0 Å². The second-order valence-electron chi connectivity index (χ2n) is 5.65. The molecule has 0 bridgehead atoms. The summed E-state index contributed by atoms with van der Waals surface area (Å²) in [6.45, 7) is 7.69. The van der Waals surface area contributed by atoms with Gasteiger partial charge < -0.3 is 15.5 Å². The summed E-state index contributed by atoms with van der Waals surface area (Å²) in [5.74, 6) is 0.583. The number of likely N-dealkylation sites (tertiary alicyclic amines) is 1. The summed E-state index contributed by atoms with van der Waals surface area (Å²) >= 11 is 0. The van der Waals surface area contributed by atoms with E-state index >= 15 is 0 Å². The van der Waals surface area contributed by atoms with E-state index in [4.69, 9.17) is 0 Å². The molecular weight excluding hydrogens is 279 g/mol. The molecule has 1 aliphatic heterocycles. The molecule has 0 unspecified atom stereocenters. The standard InChI is InChI=1S/C17H27FN4/c1-2-19-17(20-9-12-22-10-4-3-5-11-22)21-14-15-7-6-8-16(18)13-15/h6-8,13H,2-5,9-12,14H2,1H3,(H2,19,20,21). The van der Waals surface area contributed by atoms with Gasteiger partial charge in [0.15, 0.2) is 5.96 Å². The maximum Gasteiger partial charge on any atom is 0.191 e. The van der Waals surface area contributed by atoms with Crippen molar-refractivity contribution in [1.29, 1.82) is 0 Å². The third-order valence-electron chi connectivity index (χ3n) is 3.82. The zero-order valence-corrected chi connectivity index (χ0v) is 13.4. The lowest BCUT2D eigenvalue weighted by atomic mass is 10.1. The Morgan fingerprint density at radius 3 is 2.77 bits per heavy atom. The van der Waals surface area contributed by atoms with Gasteiger partial charge in [-0.05, 0) is 50.6 Å². The second kappa shape index (κ2) is 9.41. The smallest absolute Gasteiger partial charge is 0.191 e. The zero-order chi connectivity index (χ0) is 15.6. The van der Waals surface area contributed by atoms with Gasteiger partial charge in [0.1, 0.15) is 5.82 Å². The lowest BCUT2D eigenvalue weighted by Crippen LogP contribution is -2.42. The highest BCUT2D eigenvalue weighted by atomic mass is 19.1. The second-order valence-corrected chi connectivity index (χ2v) is 5.65. The molecule has 22 heavy (non-hydrogen) atoms. The molecular formula is C17H27FN4. The Morgan fingerprint density at radius 1 is 1.23 bits per heavy atom. The van der Waals surface area contributed by atoms with Crippen molar-refractivity contribution in [2.45, 2.75) is 32.7 Å². The van der Waals surface area contributed by atoms with Crippen LogP contribution in [0.1, 0.15) is 31.7 Å². The van der Waals surface area contributed by atoms with E-state index in [2.05, 4.69) is 20.5 Å². The molecule has 1 aliphatic rings. The summed E-state index contributed by atoms with van der Waals surface area (Å²) < 4.78 is 13.2. The van der Waals surface area contributed by atoms with Crippen molar-refractivity contribution in [3.05, 3.63) is 35.6 Å². The van der Waals surface area contributed by atoms with Gasteiger partial charge in [0, 0.05) is 19.6 Å². The minimum atomic E-state index is -0.212. The lowest BCUT2D eigenvalue weighted by Gasteiger charge is -2.26. The van der Waals surface area contributed by atoms with Crippen molar-refractivity contribution < 1.29 is 4.39 Å². The number of hydrogen-bond donors (Lipinski definition) is 2. The Kier molecular flexibility index (Phi) is 7.16. The molecule has 0 atom stereocenters. The number of piperidine rings is 1. The number of aliphatic imine (C=N–C) groups is 1. The van der Waals surface area contributed by atoms with Crippen molar-refractivity contribution in [3.63, 3.8) is 0 Å². The van der Waals surface area contributed by atoms with E-state index in [0.717, 1.165) is 31.2 Å². The SMILES string of the molecule is CCNC(=NCc1cccc(F)c1)NCCN1CCCCC1. The van der Waals surface area contributed by atoms with E-state index in [-0.39, 0.29) is 5.82 Å². The van der Waals surface area contributed by atoms with Crippen molar-refractivity contribution in [3.8, 4) is 0 Å². The largest absolute Gasteiger partial charge is 0.357 e. The van der Waals surface area contributed by atoms with Crippen LogP contribution in [0.25, 0.3) is 0 Å². The Hall–Kier alpha value is -1.62. The Balaban J connectivity index is 1.79. The highest BCUT2D eigenvalue weighted by molar-refractivity contribution is 5.79. The lowest BCUT2D eigenvalue weighted by molar-refractivity contribution is 0.232. The van der Waals surface area contributed by atoms with E-state index in [9.17, 15) is 4.39 Å². The average molecular weight is 306 g/mol. The number of halogens is 1. The Labute approximate surface area is 132 Å². The maximum atomic E-state index is 13.2. The number of nitrogens with one attached hydrogen (secondary N) is 2. The van der Waals surface area contributed by atoms with Crippen molar-refractivity contribution in [2.75, 3.05) is 32.7 Å². The quantitative estimate of drug-likeness (QED) is 0.626. The number of rotatable bonds is 6. The summed E-state index contributed by atoms with van der Waals surface area (Å²) in [6.07, 6.45) is 3.99. The summed E-state index contributed by atoms with van der Waals surface area (Å²) in [6, 6.07) is 6.59. The van der Waals surface area contributed by atoms with Crippen LogP contribution in [0.3, 0.4) is 0 Å². The van der Waals surface area contributed by atoms with Crippen LogP contribution in [0, 0.1) is 5.82 Å². The normalized spacial score (nSPS) is 16.5. The van der Waals surface area contributed by atoms with Gasteiger partial charge in [0.05, 0.1) is 6.54 Å². The van der Waals surface area contributed by atoms with Gasteiger partial charge in [-0.25, -0.2) is 9.38 Å². The first-order valence-corrected chi connectivity index (χ1v) is 8.27. The molecule has 1 heterocycles. The van der Waals surface area contributed by atoms with Crippen LogP contribution in [-0.4, -0.2) is 43.6 Å². The predicted molar refractivity (Wildman–Crippen MR) is 89.5 cm³/mol. The Morgan fingerprint density at radius 2 is 2.05 bits per heavy atom. The molecule has 1 aromatic rings. The highest BCUT2D eigenvalue weighted by Gasteiger charge is 2.09. The fourth-order valence-electron chi connectivity index (χ4n) is 2.66. The topological polar surface area (TPSA) is 39.7 Å². The molecule has 5 heteroatoms. The third kappa shape index (κ3) is 6.02. The highest BCUT2D eigenvalue weighted by Crippen LogP contribution is 2.07. The molecule has 0 aromatic heterocycles. The fraction of sp³-hybridized carbons (Fsp3) is 0.588. The molecule has 1 saturated heterocycles. The summed E-state index contributed by atoms with van der Waals surface area (Å²) in [7, 11) is 0. The van der Waals surface area contributed by atoms with Crippen LogP contribution >= 0.6 is 0 Å². The van der Waals surface area contributed by atoms with Crippen molar-refractivity contribution in [2.24, 2.45) is 4.99 Å². The van der Waals surface area contributed by atoms with Crippen molar-refractivity contribution in [1.82, 2.24) is 15.5 Å². The molecule has 2 rings (SSSR count). The van der Waals surface area contributed by atoms with E-state index in [0.29, 0.717) is 6.54 Å². The average Bonchev–Trinajstić information content (AvgIpc) is 2.54. The number of hydrogen-bond acceptors (Lipinski definition) is 2. The van der Waals surface area contributed by atoms with Gasteiger partial charge in [-0.15, -0.1) is 0 Å². The van der Waals surface area contributed by atoms with Crippen LogP contribution in [0.4, 0.5) is 4.39 Å². The van der Waals surface area contributed by atoms with Crippen LogP contribution in [0.15, 0.2) is 29.3 Å². The summed E-state index contributed by atoms with van der Waals surface area (Å²) in [5, 5.41) is 6.59. The van der Waals surface area contributed by atoms with Crippen LogP contribution in [-0.2, 0) is 6.54 Å². The summed E-state index contributed by atoms with van der Waals surface area (Å²) in [4.78, 5) is 7.01. The first-order valence-electron chi connectivity index (χ1n) is 8.27. The fourth-order valence-corrected chi connectivity index (χ4v) is 2.66. The molecule has 2 N–H and O–H groups in total. The van der Waals surface area contributed by atoms with Gasteiger partial charge in [-0.2, -0.15) is 0 Å². The zero-order valence-electron chi connectivity index (χ0n) is 13.4. The minimum Gasteiger partial charge on any atom is -0.357 e. The van der Waals surface area contributed by atoms with Gasteiger partial charge in [-0.3, -0.25) is 0 Å². The van der Waals surface area contributed by atoms with E-state index in [1.807, 2.05) is 13.0 Å². The molecule has 0 aliphatic carbocycles. The molecule has 0 radical (unpaired) electrons. The monoisotopic (exact) mass is 306 g/mol. The van der Waals surface area contributed by atoms with E-state index in [1.54, 1.807) is 6.07 Å². The first-order chi connectivity index (χ1) is 10.8. The predicted octanol–water partition coefficient (Wildman–Crippen LogP) is 2.37. The molecule has 4 nitrogen and oxygen atoms in total. The van der Waals surface area contributed by atoms with Gasteiger partial charge in [0.25, 0.3) is 0 Å². The van der Waals surface area contributed by atoms with E-state index < -0.39 is 0 Å². The van der Waals surface area contributed by atoms with Gasteiger partial charge >= 0.3 is 0 Å². The summed E-state index contributed by atoms with van der Waals surface area (Å²) in [5.41, 5.74) is 0.883. The minimum absolute atomic E-state index is 0.212. The molecule has 122 valence electrons. The van der Waals surface area contributed by atoms with Crippen LogP contribution < -0.4 is 10.6 Å². The first kappa shape index (κ1) is 16.7. The number of benzene rings is 1. The molecule has 0 saturated carbocycles. The Bertz CT molecular complexity index is 469. The van der Waals surface area contributed by atoms with Gasteiger partial charge in [0.2, 0.25) is 0 Å². The van der Waals surface area contributed by atoms with Gasteiger partial charge in [-0.1, -0.05) is 18.6 Å². The maximum absolute atomic E-state index is 13.2. The van der Waals surface area contributed by atoms with Crippen LogP contribution in [0.2, 0.25) is 0 Å². The van der Waals surface area contributed by atoms with E-state index in [1.165, 1.54) is 44.5 Å². The number of nitrogens with zero attached hydrogens (tertiary/aromatic N) is 2. The number of guanidine groups is 1. The third-order valence-corrected chi connectivity index (χ3v) is 3.82. The molecule has 0 spiro atoms. The molecule has 1 fully saturated rings.